The van der Waals surface area contributed by atoms with Crippen molar-refractivity contribution in [2.45, 2.75) is 193 Å². The molecular weight excluding hydrogens is 517 g/mol. The van der Waals surface area contributed by atoms with E-state index in [1.54, 1.807) is 6.08 Å². The number of rotatable bonds is 33. The van der Waals surface area contributed by atoms with Crippen LogP contribution in [0, 0.1) is 0 Å². The molecule has 39 heavy (non-hydrogen) atoms. The van der Waals surface area contributed by atoms with E-state index in [0.717, 1.165) is 13.0 Å². The minimum absolute atomic E-state index is 0.625. The lowest BCUT2D eigenvalue weighted by atomic mass is 10.0. The standard InChI is InChI=1S/C34H66N2OS2/c37-33-35-31-29-27-25-23-21-19-17-15-13-11-9-7-5-3-1-2-4-6-8-10-12-14-16-18-20-22-24-26-28-30-32-36-34(38)39/h1-32H2,(H2,36,38,39). The Morgan fingerprint density at radius 2 is 0.692 bits per heavy atom. The normalized spacial score (nSPS) is 11.0. The van der Waals surface area contributed by atoms with Crippen molar-refractivity contribution >= 4 is 35.2 Å². The predicted octanol–water partition coefficient (Wildman–Crippen LogP) is 11.8. The first-order valence-electron chi connectivity index (χ1n) is 17.3. The number of nitrogens with zero attached hydrogens (tertiary/aromatic N) is 1. The van der Waals surface area contributed by atoms with Crippen LogP contribution in [0.3, 0.4) is 0 Å². The molecule has 0 fully saturated rings. The average Bonchev–Trinajstić information content (AvgIpc) is 2.93. The summed E-state index contributed by atoms with van der Waals surface area (Å²) in [5, 5.41) is 3.11. The average molecular weight is 583 g/mol. The maximum atomic E-state index is 9.99. The molecule has 0 spiro atoms. The minimum Gasteiger partial charge on any atom is -0.371 e. The van der Waals surface area contributed by atoms with Gasteiger partial charge in [0, 0.05) is 6.54 Å². The van der Waals surface area contributed by atoms with Gasteiger partial charge in [-0.2, -0.15) is 0 Å². The van der Waals surface area contributed by atoms with Crippen molar-refractivity contribution in [3.63, 3.8) is 0 Å². The van der Waals surface area contributed by atoms with Crippen LogP contribution in [0.15, 0.2) is 4.99 Å². The van der Waals surface area contributed by atoms with E-state index < -0.39 is 0 Å². The molecule has 0 saturated heterocycles. The van der Waals surface area contributed by atoms with Gasteiger partial charge in [-0.1, -0.05) is 192 Å². The first-order chi connectivity index (χ1) is 19.3. The number of unbranched alkanes of at least 4 members (excludes halogenated alkanes) is 29. The van der Waals surface area contributed by atoms with E-state index in [9.17, 15) is 4.79 Å². The fourth-order valence-corrected chi connectivity index (χ4v) is 5.72. The van der Waals surface area contributed by atoms with E-state index in [1.807, 2.05) is 0 Å². The molecule has 0 bridgehead atoms. The summed E-state index contributed by atoms with van der Waals surface area (Å²) in [6.07, 6.45) is 43.6. The van der Waals surface area contributed by atoms with Gasteiger partial charge in [0.25, 0.3) is 0 Å². The van der Waals surface area contributed by atoms with Gasteiger partial charge in [-0.25, -0.2) is 9.79 Å². The lowest BCUT2D eigenvalue weighted by Gasteiger charge is -2.05. The first kappa shape index (κ1) is 38.6. The third-order valence-corrected chi connectivity index (χ3v) is 8.34. The molecule has 0 rings (SSSR count). The SMILES string of the molecule is O=C=NCCCCCCCCCCCCCCCCCCCCCCCCCCCCCCCCNC(=S)S. The molecule has 0 heterocycles. The monoisotopic (exact) mass is 582 g/mol. The summed E-state index contributed by atoms with van der Waals surface area (Å²) in [7, 11) is 0. The summed E-state index contributed by atoms with van der Waals surface area (Å²) >= 11 is 8.98. The Bertz CT molecular complexity index is 505. The van der Waals surface area contributed by atoms with E-state index in [1.165, 1.54) is 186 Å². The third kappa shape index (κ3) is 37.6. The highest BCUT2D eigenvalue weighted by Crippen LogP contribution is 2.16. The second kappa shape index (κ2) is 35.6. The maximum absolute atomic E-state index is 9.99. The zero-order chi connectivity index (χ0) is 28.3. The number of aliphatic imine (C=N–C) groups is 1. The van der Waals surface area contributed by atoms with E-state index in [2.05, 4.69) is 22.9 Å². The third-order valence-electron chi connectivity index (χ3n) is 8.04. The highest BCUT2D eigenvalue weighted by Gasteiger charge is 1.97. The zero-order valence-corrected chi connectivity index (χ0v) is 27.5. The van der Waals surface area contributed by atoms with Gasteiger partial charge in [0.15, 0.2) is 0 Å². The van der Waals surface area contributed by atoms with Crippen LogP contribution in [0.4, 0.5) is 0 Å². The molecule has 0 saturated carbocycles. The van der Waals surface area contributed by atoms with Gasteiger partial charge in [0.05, 0.1) is 6.54 Å². The van der Waals surface area contributed by atoms with Gasteiger partial charge < -0.3 is 5.32 Å². The van der Waals surface area contributed by atoms with E-state index in [0.29, 0.717) is 10.9 Å². The summed E-state index contributed by atoms with van der Waals surface area (Å²) in [5.41, 5.74) is 0. The highest BCUT2D eigenvalue weighted by atomic mass is 32.1. The molecule has 5 heteroatoms. The Morgan fingerprint density at radius 1 is 0.462 bits per heavy atom. The van der Waals surface area contributed by atoms with E-state index >= 15 is 0 Å². The number of hydrogen-bond donors (Lipinski definition) is 2. The summed E-state index contributed by atoms with van der Waals surface area (Å²) in [6, 6.07) is 0. The fourth-order valence-electron chi connectivity index (χ4n) is 5.51. The number of carbonyl (C=O) groups excluding carboxylic acids is 1. The molecule has 0 atom stereocenters. The van der Waals surface area contributed by atoms with Crippen LogP contribution in [0.2, 0.25) is 0 Å². The van der Waals surface area contributed by atoms with Crippen molar-refractivity contribution in [3.05, 3.63) is 0 Å². The first-order valence-corrected chi connectivity index (χ1v) is 18.1. The molecule has 0 aromatic rings. The van der Waals surface area contributed by atoms with Gasteiger partial charge in [0.1, 0.15) is 4.32 Å². The van der Waals surface area contributed by atoms with Gasteiger partial charge in [0.2, 0.25) is 6.08 Å². The zero-order valence-electron chi connectivity index (χ0n) is 25.8. The second-order valence-electron chi connectivity index (χ2n) is 11.8. The maximum Gasteiger partial charge on any atom is 0.234 e. The van der Waals surface area contributed by atoms with Crippen LogP contribution < -0.4 is 5.32 Å². The quantitative estimate of drug-likeness (QED) is 0.0266. The Kier molecular flexibility index (Phi) is 35.3. The van der Waals surface area contributed by atoms with Crippen LogP contribution in [0.5, 0.6) is 0 Å². The highest BCUT2D eigenvalue weighted by molar-refractivity contribution is 8.11. The van der Waals surface area contributed by atoms with Crippen molar-refractivity contribution in [1.29, 1.82) is 0 Å². The molecule has 0 aliphatic heterocycles. The second-order valence-corrected chi connectivity index (χ2v) is 13.0. The number of hydrogen-bond acceptors (Lipinski definition) is 3. The van der Waals surface area contributed by atoms with Crippen molar-refractivity contribution < 1.29 is 4.79 Å². The Morgan fingerprint density at radius 3 is 0.923 bits per heavy atom. The molecule has 0 amide bonds. The van der Waals surface area contributed by atoms with Crippen LogP contribution >= 0.6 is 24.8 Å². The van der Waals surface area contributed by atoms with Crippen molar-refractivity contribution in [2.24, 2.45) is 4.99 Å². The molecule has 3 nitrogen and oxygen atoms in total. The van der Waals surface area contributed by atoms with Gasteiger partial charge in [-0.3, -0.25) is 0 Å². The molecule has 0 aromatic carbocycles. The number of thiocarbonyl (C=S) groups is 1. The summed E-state index contributed by atoms with van der Waals surface area (Å²) in [5.74, 6) is 0. The lowest BCUT2D eigenvalue weighted by Crippen LogP contribution is -2.17. The molecule has 0 aliphatic rings. The molecule has 0 aromatic heterocycles. The molecule has 0 unspecified atom stereocenters. The van der Waals surface area contributed by atoms with Crippen molar-refractivity contribution in [3.8, 4) is 0 Å². The Balaban J connectivity index is 3.04. The number of nitrogens with one attached hydrogen (secondary N) is 1. The Labute approximate surface area is 255 Å². The topological polar surface area (TPSA) is 41.5 Å². The molecule has 0 radical (unpaired) electrons. The van der Waals surface area contributed by atoms with Crippen LogP contribution in [-0.4, -0.2) is 23.5 Å². The Hall–Kier alpha value is -0.380. The van der Waals surface area contributed by atoms with Crippen molar-refractivity contribution in [2.75, 3.05) is 13.1 Å². The molecule has 230 valence electrons. The largest absolute Gasteiger partial charge is 0.371 e. The summed E-state index contributed by atoms with van der Waals surface area (Å²) < 4.78 is 0.625. The number of thiol groups is 1. The summed E-state index contributed by atoms with van der Waals surface area (Å²) in [6.45, 7) is 1.65. The van der Waals surface area contributed by atoms with Gasteiger partial charge in [-0.05, 0) is 12.8 Å². The van der Waals surface area contributed by atoms with Gasteiger partial charge in [-0.15, -0.1) is 12.6 Å². The minimum atomic E-state index is 0.625. The smallest absolute Gasteiger partial charge is 0.234 e. The lowest BCUT2D eigenvalue weighted by molar-refractivity contribution is 0.512. The van der Waals surface area contributed by atoms with Gasteiger partial charge >= 0.3 is 0 Å². The van der Waals surface area contributed by atoms with Crippen LogP contribution in [0.25, 0.3) is 0 Å². The summed E-state index contributed by atoms with van der Waals surface area (Å²) in [4.78, 5) is 13.6. The molecule has 0 aliphatic carbocycles. The fraction of sp³-hybridized carbons (Fsp3) is 0.941. The van der Waals surface area contributed by atoms with Crippen molar-refractivity contribution in [1.82, 2.24) is 5.32 Å². The van der Waals surface area contributed by atoms with E-state index in [-0.39, 0.29) is 0 Å². The predicted molar refractivity (Wildman–Crippen MR) is 181 cm³/mol. The van der Waals surface area contributed by atoms with Crippen LogP contribution in [-0.2, 0) is 4.79 Å². The van der Waals surface area contributed by atoms with Crippen LogP contribution in [0.1, 0.15) is 193 Å². The molecular formula is C34H66N2OS2. The number of isocyanates is 1. The van der Waals surface area contributed by atoms with E-state index in [4.69, 9.17) is 12.2 Å². The molecule has 1 N–H and O–H groups in total.